The minimum atomic E-state index is -0.928. The number of hydrogen-bond acceptors (Lipinski definition) is 6. The van der Waals surface area contributed by atoms with Crippen LogP contribution in [-0.4, -0.2) is 41.1 Å². The summed E-state index contributed by atoms with van der Waals surface area (Å²) in [4.78, 5) is 35.7. The third kappa shape index (κ3) is 5.47. The Hall–Kier alpha value is -3.55. The van der Waals surface area contributed by atoms with E-state index in [2.05, 4.69) is 10.6 Å². The number of hydrogen-bond donors (Lipinski definition) is 4. The van der Waals surface area contributed by atoms with Crippen LogP contribution in [0.25, 0.3) is 0 Å². The van der Waals surface area contributed by atoms with Crippen molar-refractivity contribution in [2.45, 2.75) is 20.8 Å². The first kappa shape index (κ1) is 20.8. The number of phenols is 2. The number of rotatable bonds is 6. The lowest BCUT2D eigenvalue weighted by Crippen LogP contribution is -2.35. The molecule has 28 heavy (non-hydrogen) atoms. The maximum atomic E-state index is 12.1. The van der Waals surface area contributed by atoms with Crippen LogP contribution < -0.4 is 10.6 Å². The van der Waals surface area contributed by atoms with Crippen molar-refractivity contribution >= 4 is 23.5 Å². The molecule has 2 aromatic carbocycles. The normalized spacial score (nSPS) is 10.2. The monoisotopic (exact) mass is 386 g/mol. The molecule has 8 heteroatoms. The Balaban J connectivity index is 1.82. The molecule has 2 aromatic rings. The van der Waals surface area contributed by atoms with Crippen molar-refractivity contribution in [3.63, 3.8) is 0 Å². The number of carbonyl (C=O) groups excluding carboxylic acids is 3. The van der Waals surface area contributed by atoms with E-state index in [1.54, 1.807) is 0 Å². The zero-order valence-corrected chi connectivity index (χ0v) is 15.8. The van der Waals surface area contributed by atoms with Gasteiger partial charge in [0.15, 0.2) is 6.61 Å². The molecular weight excluding hydrogens is 364 g/mol. The lowest BCUT2D eigenvalue weighted by Gasteiger charge is -2.13. The van der Waals surface area contributed by atoms with E-state index in [9.17, 15) is 24.6 Å². The van der Waals surface area contributed by atoms with Crippen molar-refractivity contribution in [2.24, 2.45) is 0 Å². The highest BCUT2D eigenvalue weighted by molar-refractivity contribution is 5.97. The molecule has 0 atom stereocenters. The highest BCUT2D eigenvalue weighted by Crippen LogP contribution is 2.23. The quantitative estimate of drug-likeness (QED) is 0.562. The van der Waals surface area contributed by atoms with Gasteiger partial charge in [-0.3, -0.25) is 9.59 Å². The second-order valence-electron chi connectivity index (χ2n) is 6.38. The van der Waals surface area contributed by atoms with Gasteiger partial charge >= 0.3 is 5.97 Å². The summed E-state index contributed by atoms with van der Waals surface area (Å²) in [6.45, 7) is 4.83. The summed E-state index contributed by atoms with van der Waals surface area (Å²) in [6.07, 6.45) is 0. The van der Waals surface area contributed by atoms with Gasteiger partial charge in [0.25, 0.3) is 5.91 Å². The van der Waals surface area contributed by atoms with Crippen LogP contribution in [0.5, 0.6) is 11.5 Å². The molecule has 0 aliphatic heterocycles. The van der Waals surface area contributed by atoms with E-state index in [1.165, 1.54) is 12.1 Å². The first-order valence-corrected chi connectivity index (χ1v) is 8.51. The van der Waals surface area contributed by atoms with Crippen LogP contribution in [0, 0.1) is 20.8 Å². The third-order valence-electron chi connectivity index (χ3n) is 3.92. The third-order valence-corrected chi connectivity index (χ3v) is 3.92. The second-order valence-corrected chi connectivity index (χ2v) is 6.38. The molecular formula is C20H22N2O6. The van der Waals surface area contributed by atoms with Gasteiger partial charge in [0.2, 0.25) is 5.91 Å². The van der Waals surface area contributed by atoms with Gasteiger partial charge in [-0.1, -0.05) is 17.7 Å². The Kier molecular flexibility index (Phi) is 6.59. The van der Waals surface area contributed by atoms with Crippen LogP contribution in [0.4, 0.5) is 5.69 Å². The van der Waals surface area contributed by atoms with Crippen LogP contribution in [-0.2, 0) is 14.3 Å². The second kappa shape index (κ2) is 8.90. The molecule has 0 saturated carbocycles. The fourth-order valence-corrected chi connectivity index (χ4v) is 2.69. The number of ether oxygens (including phenoxy) is 1. The summed E-state index contributed by atoms with van der Waals surface area (Å²) in [7, 11) is 0. The van der Waals surface area contributed by atoms with Crippen LogP contribution >= 0.6 is 0 Å². The Labute approximate surface area is 162 Å². The van der Waals surface area contributed by atoms with E-state index >= 15 is 0 Å². The van der Waals surface area contributed by atoms with Gasteiger partial charge in [0.05, 0.1) is 6.54 Å². The maximum absolute atomic E-state index is 12.1. The largest absolute Gasteiger partial charge is 0.508 e. The lowest BCUT2D eigenvalue weighted by molar-refractivity contribution is -0.126. The zero-order chi connectivity index (χ0) is 20.8. The van der Waals surface area contributed by atoms with Crippen LogP contribution in [0.15, 0.2) is 30.3 Å². The van der Waals surface area contributed by atoms with E-state index in [-0.39, 0.29) is 17.9 Å². The molecule has 0 spiro atoms. The van der Waals surface area contributed by atoms with Gasteiger partial charge in [-0.05, 0) is 44.0 Å². The van der Waals surface area contributed by atoms with Crippen LogP contribution in [0.1, 0.15) is 27.0 Å². The number of nitrogens with one attached hydrogen (secondary N) is 2. The van der Waals surface area contributed by atoms with E-state index in [4.69, 9.17) is 4.74 Å². The average molecular weight is 386 g/mol. The number of aromatic hydroxyl groups is 2. The fourth-order valence-electron chi connectivity index (χ4n) is 2.69. The van der Waals surface area contributed by atoms with Gasteiger partial charge in [-0.25, -0.2) is 4.79 Å². The summed E-state index contributed by atoms with van der Waals surface area (Å²) in [5, 5.41) is 23.9. The van der Waals surface area contributed by atoms with Gasteiger partial charge in [0, 0.05) is 11.8 Å². The number of anilines is 1. The summed E-state index contributed by atoms with van der Waals surface area (Å²) >= 11 is 0. The van der Waals surface area contributed by atoms with Crippen molar-refractivity contribution in [3.05, 3.63) is 52.6 Å². The predicted molar refractivity (Wildman–Crippen MR) is 102 cm³/mol. The van der Waals surface area contributed by atoms with E-state index < -0.39 is 30.1 Å². The van der Waals surface area contributed by atoms with Crippen molar-refractivity contribution in [1.29, 1.82) is 0 Å². The van der Waals surface area contributed by atoms with Crippen molar-refractivity contribution < 1.29 is 29.3 Å². The SMILES string of the molecule is Cc1cc(C)c(NC(=O)CNC(=O)COC(=O)c2ccc(O)cc2O)c(C)c1. The minimum Gasteiger partial charge on any atom is -0.508 e. The molecule has 0 heterocycles. The number of phenolic OH excluding ortho intramolecular Hbond substituents is 2. The van der Waals surface area contributed by atoms with Gasteiger partial charge in [-0.15, -0.1) is 0 Å². The molecule has 2 amide bonds. The highest BCUT2D eigenvalue weighted by atomic mass is 16.5. The molecule has 0 radical (unpaired) electrons. The Morgan fingerprint density at radius 3 is 2.21 bits per heavy atom. The van der Waals surface area contributed by atoms with E-state index in [1.807, 2.05) is 32.9 Å². The first-order valence-electron chi connectivity index (χ1n) is 8.51. The molecule has 4 N–H and O–H groups in total. The molecule has 0 aromatic heterocycles. The van der Waals surface area contributed by atoms with Gasteiger partial charge < -0.3 is 25.6 Å². The minimum absolute atomic E-state index is 0.186. The van der Waals surface area contributed by atoms with Crippen molar-refractivity contribution in [2.75, 3.05) is 18.5 Å². The lowest BCUT2D eigenvalue weighted by atomic mass is 10.1. The number of carbonyl (C=O) groups is 3. The predicted octanol–water partition coefficient (Wildman–Crippen LogP) is 1.93. The topological polar surface area (TPSA) is 125 Å². The van der Waals surface area contributed by atoms with Crippen molar-refractivity contribution in [3.8, 4) is 11.5 Å². The number of amides is 2. The van der Waals surface area contributed by atoms with Crippen molar-refractivity contribution in [1.82, 2.24) is 5.32 Å². The van der Waals surface area contributed by atoms with Gasteiger partial charge in [-0.2, -0.15) is 0 Å². The molecule has 2 rings (SSSR count). The summed E-state index contributed by atoms with van der Waals surface area (Å²) < 4.78 is 4.79. The molecule has 148 valence electrons. The number of esters is 1. The molecule has 8 nitrogen and oxygen atoms in total. The first-order chi connectivity index (χ1) is 13.2. The van der Waals surface area contributed by atoms with Crippen LogP contribution in [0.3, 0.4) is 0 Å². The standard InChI is InChI=1S/C20H22N2O6/c1-11-6-12(2)19(13(3)7-11)22-17(25)9-21-18(26)10-28-20(27)15-5-4-14(23)8-16(15)24/h4-8,23-24H,9-10H2,1-3H3,(H,21,26)(H,22,25). The molecule has 0 saturated heterocycles. The molecule has 0 aliphatic carbocycles. The highest BCUT2D eigenvalue weighted by Gasteiger charge is 2.15. The zero-order valence-electron chi connectivity index (χ0n) is 15.8. The summed E-state index contributed by atoms with van der Waals surface area (Å²) in [5.74, 6) is -2.68. The Bertz CT molecular complexity index is 900. The van der Waals surface area contributed by atoms with E-state index in [0.717, 1.165) is 22.8 Å². The summed E-state index contributed by atoms with van der Waals surface area (Å²) in [6, 6.07) is 7.25. The Morgan fingerprint density at radius 2 is 1.61 bits per heavy atom. The van der Waals surface area contributed by atoms with E-state index in [0.29, 0.717) is 5.69 Å². The van der Waals surface area contributed by atoms with Gasteiger partial charge in [0.1, 0.15) is 17.1 Å². The molecule has 0 unspecified atom stereocenters. The molecule has 0 aliphatic rings. The average Bonchev–Trinajstić information content (AvgIpc) is 2.61. The molecule has 0 fully saturated rings. The smallest absolute Gasteiger partial charge is 0.342 e. The Morgan fingerprint density at radius 1 is 0.964 bits per heavy atom. The summed E-state index contributed by atoms with van der Waals surface area (Å²) in [5.41, 5.74) is 3.43. The fraction of sp³-hybridized carbons (Fsp3) is 0.250. The molecule has 0 bridgehead atoms. The maximum Gasteiger partial charge on any atom is 0.342 e. The van der Waals surface area contributed by atoms with Crippen LogP contribution in [0.2, 0.25) is 0 Å². The number of benzene rings is 2. The number of aryl methyl sites for hydroxylation is 3.